The number of nitrogens with zero attached hydrogens (tertiary/aromatic N) is 1. The summed E-state index contributed by atoms with van der Waals surface area (Å²) in [6, 6.07) is 1.99. The maximum atomic E-state index is 11.7. The number of hydrogen-bond donors (Lipinski definition) is 1. The van der Waals surface area contributed by atoms with Gasteiger partial charge in [-0.3, -0.25) is 4.79 Å². The van der Waals surface area contributed by atoms with E-state index in [2.05, 4.69) is 32.9 Å². The lowest BCUT2D eigenvalue weighted by Gasteiger charge is -2.18. The summed E-state index contributed by atoms with van der Waals surface area (Å²) in [5, 5.41) is 2.82. The number of aromatic nitrogens is 1. The summed E-state index contributed by atoms with van der Waals surface area (Å²) in [6.07, 6.45) is 1.74. The molecule has 0 unspecified atom stereocenters. The van der Waals surface area contributed by atoms with Crippen LogP contribution in [-0.2, 0) is 4.79 Å². The number of pyridine rings is 1. The molecule has 0 aromatic carbocycles. The van der Waals surface area contributed by atoms with Crippen molar-refractivity contribution in [2.45, 2.75) is 27.7 Å². The average Bonchev–Trinajstić information content (AvgIpc) is 2.08. The van der Waals surface area contributed by atoms with Gasteiger partial charge in [-0.1, -0.05) is 20.8 Å². The van der Waals surface area contributed by atoms with Crippen molar-refractivity contribution in [3.05, 3.63) is 21.4 Å². The van der Waals surface area contributed by atoms with Crippen molar-refractivity contribution in [1.29, 1.82) is 0 Å². The fraction of sp³-hybridized carbons (Fsp3) is 0.455. The van der Waals surface area contributed by atoms with E-state index in [0.29, 0.717) is 5.82 Å². The predicted octanol–water partition coefficient (Wildman–Crippen LogP) is 2.98. The molecule has 0 radical (unpaired) electrons. The first kappa shape index (κ1) is 12.4. The normalized spacial score (nSPS) is 11.3. The second kappa shape index (κ2) is 4.47. The maximum absolute atomic E-state index is 11.7. The third kappa shape index (κ3) is 3.44. The SMILES string of the molecule is Cc1cc(I)cnc1NC(=O)C(C)(C)C. The third-order valence-electron chi connectivity index (χ3n) is 1.96. The van der Waals surface area contributed by atoms with E-state index in [1.165, 1.54) is 0 Å². The van der Waals surface area contributed by atoms with Crippen LogP contribution in [0.2, 0.25) is 0 Å². The van der Waals surface area contributed by atoms with Gasteiger partial charge in [-0.25, -0.2) is 4.98 Å². The molecular formula is C11H15IN2O. The van der Waals surface area contributed by atoms with E-state index in [1.807, 2.05) is 33.8 Å². The highest BCUT2D eigenvalue weighted by Crippen LogP contribution is 2.19. The van der Waals surface area contributed by atoms with Gasteiger partial charge in [0.1, 0.15) is 5.82 Å². The molecule has 0 atom stereocenters. The van der Waals surface area contributed by atoms with E-state index in [1.54, 1.807) is 6.20 Å². The Morgan fingerprint density at radius 2 is 2.07 bits per heavy atom. The van der Waals surface area contributed by atoms with Crippen molar-refractivity contribution >= 4 is 34.3 Å². The van der Waals surface area contributed by atoms with Crippen molar-refractivity contribution in [3.63, 3.8) is 0 Å². The second-order valence-electron chi connectivity index (χ2n) is 4.52. The Balaban J connectivity index is 2.87. The maximum Gasteiger partial charge on any atom is 0.230 e. The highest BCUT2D eigenvalue weighted by atomic mass is 127. The van der Waals surface area contributed by atoms with E-state index in [0.717, 1.165) is 9.13 Å². The lowest BCUT2D eigenvalue weighted by atomic mass is 9.96. The summed E-state index contributed by atoms with van der Waals surface area (Å²) in [5.74, 6) is 0.634. The van der Waals surface area contributed by atoms with Crippen LogP contribution in [0.15, 0.2) is 12.3 Å². The lowest BCUT2D eigenvalue weighted by Crippen LogP contribution is -2.28. The molecule has 0 spiro atoms. The number of aryl methyl sites for hydroxylation is 1. The van der Waals surface area contributed by atoms with Crippen molar-refractivity contribution in [3.8, 4) is 0 Å². The molecule has 0 aliphatic carbocycles. The van der Waals surface area contributed by atoms with E-state index < -0.39 is 5.41 Å². The molecule has 3 nitrogen and oxygen atoms in total. The van der Waals surface area contributed by atoms with Gasteiger partial charge in [-0.2, -0.15) is 0 Å². The molecule has 0 saturated heterocycles. The Bertz CT molecular complexity index is 383. The number of anilines is 1. The van der Waals surface area contributed by atoms with E-state index in [9.17, 15) is 4.79 Å². The molecule has 1 amide bonds. The molecule has 82 valence electrons. The largest absolute Gasteiger partial charge is 0.310 e. The van der Waals surface area contributed by atoms with Gasteiger partial charge < -0.3 is 5.32 Å². The van der Waals surface area contributed by atoms with Crippen LogP contribution in [-0.4, -0.2) is 10.9 Å². The van der Waals surface area contributed by atoms with Gasteiger partial charge in [0.2, 0.25) is 5.91 Å². The summed E-state index contributed by atoms with van der Waals surface area (Å²) in [5.41, 5.74) is 0.594. The summed E-state index contributed by atoms with van der Waals surface area (Å²) < 4.78 is 1.07. The quantitative estimate of drug-likeness (QED) is 0.809. The smallest absolute Gasteiger partial charge is 0.230 e. The monoisotopic (exact) mass is 318 g/mol. The minimum atomic E-state index is -0.392. The van der Waals surface area contributed by atoms with Crippen LogP contribution >= 0.6 is 22.6 Å². The summed E-state index contributed by atoms with van der Waals surface area (Å²) >= 11 is 2.20. The number of amides is 1. The second-order valence-corrected chi connectivity index (χ2v) is 5.77. The molecule has 1 heterocycles. The molecule has 1 aromatic heterocycles. The van der Waals surface area contributed by atoms with Crippen molar-refractivity contribution in [1.82, 2.24) is 4.98 Å². The van der Waals surface area contributed by atoms with E-state index >= 15 is 0 Å². The zero-order valence-electron chi connectivity index (χ0n) is 9.39. The molecule has 0 saturated carbocycles. The summed E-state index contributed by atoms with van der Waals surface area (Å²) in [7, 11) is 0. The number of halogens is 1. The molecule has 1 rings (SSSR count). The van der Waals surface area contributed by atoms with Crippen molar-refractivity contribution in [2.24, 2.45) is 5.41 Å². The van der Waals surface area contributed by atoms with Crippen molar-refractivity contribution < 1.29 is 4.79 Å². The standard InChI is InChI=1S/C11H15IN2O/c1-7-5-8(12)6-13-9(7)14-10(15)11(2,3)4/h5-6H,1-4H3,(H,13,14,15). The van der Waals surface area contributed by atoms with E-state index in [-0.39, 0.29) is 5.91 Å². The highest BCUT2D eigenvalue weighted by Gasteiger charge is 2.21. The Hall–Kier alpha value is -0.650. The van der Waals surface area contributed by atoms with Gasteiger partial charge in [0, 0.05) is 15.2 Å². The number of nitrogens with one attached hydrogen (secondary N) is 1. The number of rotatable bonds is 1. The third-order valence-corrected chi connectivity index (χ3v) is 2.55. The summed E-state index contributed by atoms with van der Waals surface area (Å²) in [6.45, 7) is 7.58. The lowest BCUT2D eigenvalue weighted by molar-refractivity contribution is -0.123. The van der Waals surface area contributed by atoms with Crippen LogP contribution < -0.4 is 5.32 Å². The Kier molecular flexibility index (Phi) is 3.70. The van der Waals surface area contributed by atoms with Crippen LogP contribution in [0, 0.1) is 15.9 Å². The van der Waals surface area contributed by atoms with Gasteiger partial charge in [-0.15, -0.1) is 0 Å². The number of hydrogen-bond acceptors (Lipinski definition) is 2. The van der Waals surface area contributed by atoms with Gasteiger partial charge in [0.25, 0.3) is 0 Å². The van der Waals surface area contributed by atoms with Gasteiger partial charge in [0.05, 0.1) is 0 Å². The minimum Gasteiger partial charge on any atom is -0.310 e. The molecule has 0 aliphatic rings. The predicted molar refractivity (Wildman–Crippen MR) is 69.8 cm³/mol. The number of carbonyl (C=O) groups excluding carboxylic acids is 1. The Morgan fingerprint density at radius 1 is 1.47 bits per heavy atom. The Labute approximate surface area is 104 Å². The summed E-state index contributed by atoms with van der Waals surface area (Å²) in [4.78, 5) is 15.9. The van der Waals surface area contributed by atoms with Crippen molar-refractivity contribution in [2.75, 3.05) is 5.32 Å². The molecule has 0 bridgehead atoms. The van der Waals surface area contributed by atoms with Gasteiger partial charge in [0.15, 0.2) is 0 Å². The van der Waals surface area contributed by atoms with Crippen LogP contribution in [0.1, 0.15) is 26.3 Å². The average molecular weight is 318 g/mol. The first-order valence-electron chi connectivity index (χ1n) is 4.74. The zero-order valence-corrected chi connectivity index (χ0v) is 11.5. The van der Waals surface area contributed by atoms with Crippen LogP contribution in [0.25, 0.3) is 0 Å². The topological polar surface area (TPSA) is 42.0 Å². The Morgan fingerprint density at radius 3 is 2.53 bits per heavy atom. The van der Waals surface area contributed by atoms with Crippen LogP contribution in [0.4, 0.5) is 5.82 Å². The first-order chi connectivity index (χ1) is 6.80. The van der Waals surface area contributed by atoms with Crippen LogP contribution in [0.5, 0.6) is 0 Å². The molecule has 1 aromatic rings. The first-order valence-corrected chi connectivity index (χ1v) is 5.82. The molecule has 0 aliphatic heterocycles. The van der Waals surface area contributed by atoms with Crippen LogP contribution in [0.3, 0.4) is 0 Å². The fourth-order valence-electron chi connectivity index (χ4n) is 0.966. The highest BCUT2D eigenvalue weighted by molar-refractivity contribution is 14.1. The molecule has 4 heteroatoms. The molecule has 0 fully saturated rings. The van der Waals surface area contributed by atoms with Gasteiger partial charge in [-0.05, 0) is 41.1 Å². The molecule has 1 N–H and O–H groups in total. The van der Waals surface area contributed by atoms with E-state index in [4.69, 9.17) is 0 Å². The molecule has 15 heavy (non-hydrogen) atoms. The number of carbonyl (C=O) groups is 1. The zero-order chi connectivity index (χ0) is 11.6. The van der Waals surface area contributed by atoms with Gasteiger partial charge >= 0.3 is 0 Å². The minimum absolute atomic E-state index is 0.0145. The molecular weight excluding hydrogens is 303 g/mol. The fourth-order valence-corrected chi connectivity index (χ4v) is 1.57.